The maximum atomic E-state index is 13.2. The molecule has 0 radical (unpaired) electrons. The molecule has 8 heteroatoms. The molecule has 2 unspecified atom stereocenters. The third kappa shape index (κ3) is 3.46. The summed E-state index contributed by atoms with van der Waals surface area (Å²) in [7, 11) is 0. The largest absolute Gasteiger partial charge is 0.377 e. The number of aromatic nitrogens is 2. The standard InChI is InChI=1S/C15H16ClFN4O2/c16-11-5-10(1-2-12(11)17)21-4-3-9(7-21)20-15(23)14(22)13-6-18-8-19-13/h1-2,5-6,8-9,14,22H,3-4,7H2,(H,18,19)(H,20,23). The topological polar surface area (TPSA) is 81.2 Å². The van der Waals surface area contributed by atoms with Crippen LogP contribution in [0.25, 0.3) is 0 Å². The van der Waals surface area contributed by atoms with Crippen molar-refractivity contribution in [2.75, 3.05) is 18.0 Å². The Bertz CT molecular complexity index is 695. The number of carbonyl (C=O) groups is 1. The van der Waals surface area contributed by atoms with Crippen LogP contribution in [-0.2, 0) is 4.79 Å². The molecule has 1 aromatic heterocycles. The lowest BCUT2D eigenvalue weighted by molar-refractivity contribution is -0.130. The summed E-state index contributed by atoms with van der Waals surface area (Å²) in [6.45, 7) is 1.29. The van der Waals surface area contributed by atoms with Gasteiger partial charge in [0.25, 0.3) is 5.91 Å². The quantitative estimate of drug-likeness (QED) is 0.791. The fourth-order valence-electron chi connectivity index (χ4n) is 2.63. The first kappa shape index (κ1) is 15.8. The minimum atomic E-state index is -1.27. The predicted molar refractivity (Wildman–Crippen MR) is 83.7 cm³/mol. The Morgan fingerprint density at radius 3 is 3.09 bits per heavy atom. The maximum absolute atomic E-state index is 13.2. The van der Waals surface area contributed by atoms with Crippen molar-refractivity contribution < 1.29 is 14.3 Å². The zero-order chi connectivity index (χ0) is 16.4. The molecule has 23 heavy (non-hydrogen) atoms. The van der Waals surface area contributed by atoms with Crippen molar-refractivity contribution in [3.8, 4) is 0 Å². The van der Waals surface area contributed by atoms with E-state index in [1.807, 2.05) is 4.90 Å². The first-order valence-electron chi connectivity index (χ1n) is 7.21. The number of nitrogens with zero attached hydrogens (tertiary/aromatic N) is 2. The highest BCUT2D eigenvalue weighted by molar-refractivity contribution is 6.31. The number of halogens is 2. The van der Waals surface area contributed by atoms with Crippen LogP contribution in [0.2, 0.25) is 5.02 Å². The highest BCUT2D eigenvalue weighted by Gasteiger charge is 2.27. The van der Waals surface area contributed by atoms with Gasteiger partial charge in [0.15, 0.2) is 6.10 Å². The molecule has 3 rings (SSSR count). The van der Waals surface area contributed by atoms with Gasteiger partial charge in [-0.15, -0.1) is 0 Å². The van der Waals surface area contributed by atoms with E-state index >= 15 is 0 Å². The van der Waals surface area contributed by atoms with E-state index in [4.69, 9.17) is 11.6 Å². The number of imidazole rings is 1. The lowest BCUT2D eigenvalue weighted by atomic mass is 10.2. The average molecular weight is 339 g/mol. The molecule has 2 atom stereocenters. The monoisotopic (exact) mass is 338 g/mol. The summed E-state index contributed by atoms with van der Waals surface area (Å²) in [5, 5.41) is 12.8. The van der Waals surface area contributed by atoms with Crippen LogP contribution in [0.1, 0.15) is 18.2 Å². The zero-order valence-electron chi connectivity index (χ0n) is 12.2. The molecule has 0 spiro atoms. The third-order valence-corrected chi connectivity index (χ3v) is 4.15. The van der Waals surface area contributed by atoms with Gasteiger partial charge in [0.1, 0.15) is 5.82 Å². The molecule has 122 valence electrons. The molecular formula is C15H16ClFN4O2. The lowest BCUT2D eigenvalue weighted by Crippen LogP contribution is -2.40. The van der Waals surface area contributed by atoms with E-state index in [-0.39, 0.29) is 11.1 Å². The van der Waals surface area contributed by atoms with E-state index < -0.39 is 17.8 Å². The van der Waals surface area contributed by atoms with Crippen LogP contribution in [-0.4, -0.2) is 40.1 Å². The second-order valence-corrected chi connectivity index (χ2v) is 5.86. The van der Waals surface area contributed by atoms with Crippen LogP contribution in [0, 0.1) is 5.82 Å². The van der Waals surface area contributed by atoms with E-state index in [1.54, 1.807) is 12.1 Å². The Morgan fingerprint density at radius 1 is 1.57 bits per heavy atom. The van der Waals surface area contributed by atoms with Gasteiger partial charge in [0, 0.05) is 24.8 Å². The molecule has 2 heterocycles. The van der Waals surface area contributed by atoms with Gasteiger partial charge in [-0.25, -0.2) is 9.37 Å². The molecule has 1 saturated heterocycles. The molecular weight excluding hydrogens is 323 g/mol. The maximum Gasteiger partial charge on any atom is 0.255 e. The average Bonchev–Trinajstić information content (AvgIpc) is 3.20. The SMILES string of the molecule is O=C(NC1CCN(c2ccc(F)c(Cl)c2)C1)C(O)c1cnc[nH]1. The molecule has 1 aromatic carbocycles. The molecule has 6 nitrogen and oxygen atoms in total. The number of benzene rings is 1. The second-order valence-electron chi connectivity index (χ2n) is 5.45. The van der Waals surface area contributed by atoms with Gasteiger partial charge in [-0.1, -0.05) is 11.6 Å². The number of hydrogen-bond acceptors (Lipinski definition) is 4. The molecule has 0 aliphatic carbocycles. The number of carbonyl (C=O) groups excluding carboxylic acids is 1. The van der Waals surface area contributed by atoms with E-state index in [0.29, 0.717) is 18.8 Å². The first-order chi connectivity index (χ1) is 11.0. The predicted octanol–water partition coefficient (Wildman–Crippen LogP) is 1.63. The molecule has 1 aliphatic heterocycles. The minimum absolute atomic E-state index is 0.0738. The van der Waals surface area contributed by atoms with Gasteiger partial charge in [-0.3, -0.25) is 4.79 Å². The van der Waals surface area contributed by atoms with Crippen molar-refractivity contribution >= 4 is 23.2 Å². The second kappa shape index (κ2) is 6.55. The van der Waals surface area contributed by atoms with Crippen molar-refractivity contribution in [3.63, 3.8) is 0 Å². The number of aliphatic hydroxyl groups is 1. The summed E-state index contributed by atoms with van der Waals surface area (Å²) in [6, 6.07) is 4.46. The fourth-order valence-corrected chi connectivity index (χ4v) is 2.81. The van der Waals surface area contributed by atoms with Crippen LogP contribution in [0.5, 0.6) is 0 Å². The van der Waals surface area contributed by atoms with Crippen LogP contribution >= 0.6 is 11.6 Å². The van der Waals surface area contributed by atoms with Crippen LogP contribution in [0.4, 0.5) is 10.1 Å². The molecule has 1 fully saturated rings. The van der Waals surface area contributed by atoms with Crippen molar-refractivity contribution in [2.24, 2.45) is 0 Å². The summed E-state index contributed by atoms with van der Waals surface area (Å²) in [4.78, 5) is 20.5. The molecule has 1 aliphatic rings. The Labute approximate surface area is 137 Å². The van der Waals surface area contributed by atoms with Gasteiger partial charge in [0.05, 0.1) is 23.2 Å². The summed E-state index contributed by atoms with van der Waals surface area (Å²) < 4.78 is 13.2. The van der Waals surface area contributed by atoms with Crippen molar-refractivity contribution in [1.82, 2.24) is 15.3 Å². The summed E-state index contributed by atoms with van der Waals surface area (Å²) in [5.41, 5.74) is 1.16. The zero-order valence-corrected chi connectivity index (χ0v) is 12.9. The highest BCUT2D eigenvalue weighted by atomic mass is 35.5. The molecule has 3 N–H and O–H groups in total. The van der Waals surface area contributed by atoms with Gasteiger partial charge in [-0.2, -0.15) is 0 Å². The number of rotatable bonds is 4. The van der Waals surface area contributed by atoms with Crippen LogP contribution in [0.15, 0.2) is 30.7 Å². The Morgan fingerprint density at radius 2 is 2.39 bits per heavy atom. The van der Waals surface area contributed by atoms with Crippen molar-refractivity contribution in [1.29, 1.82) is 0 Å². The van der Waals surface area contributed by atoms with Gasteiger partial charge in [0.2, 0.25) is 0 Å². The van der Waals surface area contributed by atoms with E-state index in [1.165, 1.54) is 18.6 Å². The van der Waals surface area contributed by atoms with Crippen molar-refractivity contribution in [3.05, 3.63) is 47.3 Å². The molecule has 0 saturated carbocycles. The number of H-pyrrole nitrogens is 1. The molecule has 0 bridgehead atoms. The Kier molecular flexibility index (Phi) is 4.49. The number of hydrogen-bond donors (Lipinski definition) is 3. The number of aliphatic hydroxyl groups excluding tert-OH is 1. The Hall–Kier alpha value is -2.12. The van der Waals surface area contributed by atoms with E-state index in [2.05, 4.69) is 15.3 Å². The minimum Gasteiger partial charge on any atom is -0.377 e. The third-order valence-electron chi connectivity index (χ3n) is 3.87. The van der Waals surface area contributed by atoms with Crippen LogP contribution < -0.4 is 10.2 Å². The number of amides is 1. The fraction of sp³-hybridized carbons (Fsp3) is 0.333. The number of nitrogens with one attached hydrogen (secondary N) is 2. The number of aromatic amines is 1. The molecule has 1 amide bonds. The number of anilines is 1. The van der Waals surface area contributed by atoms with Gasteiger partial charge in [-0.05, 0) is 24.6 Å². The van der Waals surface area contributed by atoms with E-state index in [9.17, 15) is 14.3 Å². The van der Waals surface area contributed by atoms with Gasteiger partial charge < -0.3 is 20.3 Å². The Balaban J connectivity index is 1.59. The normalized spacial score (nSPS) is 18.9. The highest BCUT2D eigenvalue weighted by Crippen LogP contribution is 2.25. The lowest BCUT2D eigenvalue weighted by Gasteiger charge is -2.20. The first-order valence-corrected chi connectivity index (χ1v) is 7.59. The summed E-state index contributed by atoms with van der Waals surface area (Å²) >= 11 is 5.80. The smallest absolute Gasteiger partial charge is 0.255 e. The summed E-state index contributed by atoms with van der Waals surface area (Å²) in [5.74, 6) is -0.930. The molecule has 2 aromatic rings. The van der Waals surface area contributed by atoms with Crippen molar-refractivity contribution in [2.45, 2.75) is 18.6 Å². The van der Waals surface area contributed by atoms with Crippen LogP contribution in [0.3, 0.4) is 0 Å². The van der Waals surface area contributed by atoms with Gasteiger partial charge >= 0.3 is 0 Å². The van der Waals surface area contributed by atoms with E-state index in [0.717, 1.165) is 12.1 Å². The summed E-state index contributed by atoms with van der Waals surface area (Å²) in [6.07, 6.45) is 2.27.